The fourth-order valence-electron chi connectivity index (χ4n) is 2.70. The first kappa shape index (κ1) is 14.5. The maximum atomic E-state index is 11.0. The molecule has 2 rings (SSSR count). The van der Waals surface area contributed by atoms with Crippen molar-refractivity contribution in [2.24, 2.45) is 5.92 Å². The highest BCUT2D eigenvalue weighted by molar-refractivity contribution is 5.60. The first-order chi connectivity index (χ1) is 9.72. The Labute approximate surface area is 117 Å². The number of ether oxygens (including phenoxy) is 1. The van der Waals surface area contributed by atoms with E-state index >= 15 is 0 Å². The minimum atomic E-state index is -0.516. The number of rotatable bonds is 7. The summed E-state index contributed by atoms with van der Waals surface area (Å²) in [5.74, 6) is 1.04. The van der Waals surface area contributed by atoms with Gasteiger partial charge in [0.05, 0.1) is 12.0 Å². The lowest BCUT2D eigenvalue weighted by atomic mass is 10.0. The van der Waals surface area contributed by atoms with Crippen molar-refractivity contribution in [3.05, 3.63) is 16.4 Å². The van der Waals surface area contributed by atoms with Crippen LogP contribution in [-0.4, -0.2) is 28.5 Å². The second kappa shape index (κ2) is 7.02. The molecule has 7 nitrogen and oxygen atoms in total. The van der Waals surface area contributed by atoms with Crippen LogP contribution in [0.2, 0.25) is 0 Å². The summed E-state index contributed by atoms with van der Waals surface area (Å²) in [5.41, 5.74) is -0.198. The normalized spacial score (nSPS) is 15.2. The number of methoxy groups -OCH3 is 1. The summed E-state index contributed by atoms with van der Waals surface area (Å²) in [6, 6.07) is 0. The Morgan fingerprint density at radius 1 is 1.45 bits per heavy atom. The van der Waals surface area contributed by atoms with Gasteiger partial charge in [-0.25, -0.2) is 4.98 Å². The first-order valence-electron chi connectivity index (χ1n) is 6.99. The lowest BCUT2D eigenvalue weighted by molar-refractivity contribution is -0.385. The molecule has 0 aliphatic heterocycles. The van der Waals surface area contributed by atoms with Crippen LogP contribution >= 0.6 is 0 Å². The molecule has 0 radical (unpaired) electrons. The second-order valence-corrected chi connectivity index (χ2v) is 5.06. The maximum absolute atomic E-state index is 11.0. The van der Waals surface area contributed by atoms with Gasteiger partial charge in [0.15, 0.2) is 0 Å². The van der Waals surface area contributed by atoms with Crippen molar-refractivity contribution >= 4 is 11.5 Å². The number of nitrogens with one attached hydrogen (secondary N) is 1. The van der Waals surface area contributed by atoms with Crippen LogP contribution in [0.3, 0.4) is 0 Å². The van der Waals surface area contributed by atoms with E-state index in [9.17, 15) is 10.1 Å². The molecule has 0 atom stereocenters. The molecule has 1 aromatic heterocycles. The van der Waals surface area contributed by atoms with Crippen LogP contribution in [0, 0.1) is 16.0 Å². The van der Waals surface area contributed by atoms with Gasteiger partial charge in [-0.15, -0.1) is 0 Å². The van der Waals surface area contributed by atoms with Crippen LogP contribution in [0.15, 0.2) is 6.33 Å². The van der Waals surface area contributed by atoms with Crippen molar-refractivity contribution in [1.29, 1.82) is 0 Å². The molecule has 0 unspecified atom stereocenters. The van der Waals surface area contributed by atoms with Crippen molar-refractivity contribution in [3.63, 3.8) is 0 Å². The summed E-state index contributed by atoms with van der Waals surface area (Å²) in [6.07, 6.45) is 8.75. The Morgan fingerprint density at radius 3 is 2.85 bits per heavy atom. The van der Waals surface area contributed by atoms with E-state index in [2.05, 4.69) is 15.3 Å². The molecule has 1 N–H and O–H groups in total. The molecule has 110 valence electrons. The molecule has 0 bridgehead atoms. The molecule has 1 aliphatic carbocycles. The summed E-state index contributed by atoms with van der Waals surface area (Å²) >= 11 is 0. The zero-order valence-electron chi connectivity index (χ0n) is 11.7. The zero-order chi connectivity index (χ0) is 14.4. The number of nitrogens with zero attached hydrogens (tertiary/aromatic N) is 3. The van der Waals surface area contributed by atoms with Crippen LogP contribution in [0.5, 0.6) is 5.88 Å². The van der Waals surface area contributed by atoms with Gasteiger partial charge >= 0.3 is 5.69 Å². The average Bonchev–Trinajstić information content (AvgIpc) is 2.96. The Bertz CT molecular complexity index is 461. The van der Waals surface area contributed by atoms with Gasteiger partial charge in [-0.3, -0.25) is 10.1 Å². The Hall–Kier alpha value is -1.92. The smallest absolute Gasteiger partial charge is 0.372 e. The van der Waals surface area contributed by atoms with Crippen molar-refractivity contribution in [2.45, 2.75) is 38.5 Å². The average molecular weight is 280 g/mol. The largest absolute Gasteiger partial charge is 0.476 e. The van der Waals surface area contributed by atoms with E-state index in [1.807, 2.05) is 0 Å². The maximum Gasteiger partial charge on any atom is 0.372 e. The van der Waals surface area contributed by atoms with E-state index in [1.54, 1.807) is 0 Å². The molecule has 0 spiro atoms. The molecule has 0 aromatic carbocycles. The predicted molar refractivity (Wildman–Crippen MR) is 74.9 cm³/mol. The van der Waals surface area contributed by atoms with E-state index in [-0.39, 0.29) is 17.4 Å². The number of aromatic nitrogens is 2. The van der Waals surface area contributed by atoms with Gasteiger partial charge in [0.25, 0.3) is 5.88 Å². The Morgan fingerprint density at radius 2 is 2.20 bits per heavy atom. The van der Waals surface area contributed by atoms with Gasteiger partial charge in [-0.05, 0) is 18.8 Å². The molecule has 1 aliphatic rings. The van der Waals surface area contributed by atoms with E-state index in [1.165, 1.54) is 45.5 Å². The second-order valence-electron chi connectivity index (χ2n) is 5.06. The topological polar surface area (TPSA) is 90.2 Å². The predicted octanol–water partition coefficient (Wildman–Crippen LogP) is 2.78. The minimum absolute atomic E-state index is 0.0108. The standard InChI is InChI=1S/C13H20N4O3/c1-20-13-11(17(18)19)12(15-9-16-13)14-8-4-7-10-5-2-3-6-10/h9-10H,2-8H2,1H3,(H,14,15,16). The molecule has 0 saturated heterocycles. The summed E-state index contributed by atoms with van der Waals surface area (Å²) in [5, 5.41) is 14.1. The fourth-order valence-corrected chi connectivity index (χ4v) is 2.70. The molecule has 20 heavy (non-hydrogen) atoms. The third-order valence-electron chi connectivity index (χ3n) is 3.72. The van der Waals surface area contributed by atoms with E-state index in [4.69, 9.17) is 4.74 Å². The molecule has 7 heteroatoms. The number of nitro groups is 1. The highest BCUT2D eigenvalue weighted by Gasteiger charge is 2.23. The van der Waals surface area contributed by atoms with E-state index in [0.29, 0.717) is 6.54 Å². The highest BCUT2D eigenvalue weighted by atomic mass is 16.6. The summed E-state index contributed by atoms with van der Waals surface area (Å²) < 4.78 is 4.90. The molecular formula is C13H20N4O3. The Kier molecular flexibility index (Phi) is 5.09. The van der Waals surface area contributed by atoms with Crippen LogP contribution in [0.1, 0.15) is 38.5 Å². The summed E-state index contributed by atoms with van der Waals surface area (Å²) in [7, 11) is 1.36. The van der Waals surface area contributed by atoms with Crippen molar-refractivity contribution in [1.82, 2.24) is 9.97 Å². The molecule has 1 heterocycles. The van der Waals surface area contributed by atoms with Crippen molar-refractivity contribution < 1.29 is 9.66 Å². The van der Waals surface area contributed by atoms with Crippen molar-refractivity contribution in [2.75, 3.05) is 19.0 Å². The van der Waals surface area contributed by atoms with Crippen LogP contribution < -0.4 is 10.1 Å². The SMILES string of the molecule is COc1ncnc(NCCCC2CCCC2)c1[N+](=O)[O-]. The first-order valence-corrected chi connectivity index (χ1v) is 6.99. The zero-order valence-corrected chi connectivity index (χ0v) is 11.7. The molecular weight excluding hydrogens is 260 g/mol. The monoisotopic (exact) mass is 280 g/mol. The van der Waals surface area contributed by atoms with Crippen LogP contribution in [0.25, 0.3) is 0 Å². The summed E-state index contributed by atoms with van der Waals surface area (Å²) in [6.45, 7) is 0.678. The fraction of sp³-hybridized carbons (Fsp3) is 0.692. The summed E-state index contributed by atoms with van der Waals surface area (Å²) in [4.78, 5) is 18.2. The Balaban J connectivity index is 1.89. The lowest BCUT2D eigenvalue weighted by Crippen LogP contribution is -2.09. The van der Waals surface area contributed by atoms with Gasteiger partial charge < -0.3 is 10.1 Å². The number of hydrogen-bond acceptors (Lipinski definition) is 6. The molecule has 0 amide bonds. The van der Waals surface area contributed by atoms with E-state index in [0.717, 1.165) is 12.3 Å². The van der Waals surface area contributed by atoms with E-state index < -0.39 is 4.92 Å². The van der Waals surface area contributed by atoms with Crippen molar-refractivity contribution in [3.8, 4) is 5.88 Å². The van der Waals surface area contributed by atoms with Gasteiger partial charge in [0.2, 0.25) is 5.82 Å². The van der Waals surface area contributed by atoms with Gasteiger partial charge in [-0.1, -0.05) is 25.7 Å². The van der Waals surface area contributed by atoms with Crippen LogP contribution in [-0.2, 0) is 0 Å². The number of anilines is 1. The molecule has 1 aromatic rings. The third-order valence-corrected chi connectivity index (χ3v) is 3.72. The minimum Gasteiger partial charge on any atom is -0.476 e. The van der Waals surface area contributed by atoms with Gasteiger partial charge in [0.1, 0.15) is 6.33 Å². The van der Waals surface area contributed by atoms with Gasteiger partial charge in [-0.2, -0.15) is 4.98 Å². The van der Waals surface area contributed by atoms with Crippen LogP contribution in [0.4, 0.5) is 11.5 Å². The third kappa shape index (κ3) is 3.55. The molecule has 1 saturated carbocycles. The highest BCUT2D eigenvalue weighted by Crippen LogP contribution is 2.31. The lowest BCUT2D eigenvalue weighted by Gasteiger charge is -2.10. The number of hydrogen-bond donors (Lipinski definition) is 1. The van der Waals surface area contributed by atoms with Gasteiger partial charge in [0, 0.05) is 6.54 Å². The quantitative estimate of drug-likeness (QED) is 0.469. The molecule has 1 fully saturated rings.